The Hall–Kier alpha value is -1.87. The van der Waals surface area contributed by atoms with E-state index in [9.17, 15) is 4.39 Å². The number of nitrogens with zero attached hydrogens (tertiary/aromatic N) is 1. The van der Waals surface area contributed by atoms with Crippen molar-refractivity contribution in [2.75, 3.05) is 24.5 Å². The van der Waals surface area contributed by atoms with Crippen LogP contribution in [-0.4, -0.2) is 19.6 Å². The SMILES string of the molecule is Cc1ccc(F)cc1N1CCCNC(c2ccccc2)C1. The summed E-state index contributed by atoms with van der Waals surface area (Å²) in [5, 5.41) is 3.60. The summed E-state index contributed by atoms with van der Waals surface area (Å²) in [7, 11) is 0. The molecule has 2 aromatic carbocycles. The third kappa shape index (κ3) is 3.24. The molecule has 0 saturated carbocycles. The molecule has 1 unspecified atom stereocenters. The first-order valence-corrected chi connectivity index (χ1v) is 7.53. The second kappa shape index (κ2) is 6.27. The van der Waals surface area contributed by atoms with E-state index in [0.29, 0.717) is 0 Å². The van der Waals surface area contributed by atoms with Crippen LogP contribution in [0.15, 0.2) is 48.5 Å². The van der Waals surface area contributed by atoms with E-state index in [1.165, 1.54) is 11.6 Å². The first-order chi connectivity index (χ1) is 10.2. The van der Waals surface area contributed by atoms with Gasteiger partial charge in [-0.05, 0) is 43.1 Å². The number of halogens is 1. The van der Waals surface area contributed by atoms with Gasteiger partial charge in [-0.3, -0.25) is 0 Å². The van der Waals surface area contributed by atoms with Gasteiger partial charge in [0.15, 0.2) is 0 Å². The lowest BCUT2D eigenvalue weighted by atomic mass is 10.1. The van der Waals surface area contributed by atoms with Gasteiger partial charge in [0.25, 0.3) is 0 Å². The molecule has 3 heteroatoms. The van der Waals surface area contributed by atoms with Crippen molar-refractivity contribution in [3.63, 3.8) is 0 Å². The number of nitrogens with one attached hydrogen (secondary N) is 1. The molecule has 0 aromatic heterocycles. The summed E-state index contributed by atoms with van der Waals surface area (Å²) in [4.78, 5) is 2.30. The first kappa shape index (κ1) is 14.1. The maximum Gasteiger partial charge on any atom is 0.125 e. The molecule has 1 aliphatic rings. The van der Waals surface area contributed by atoms with Gasteiger partial charge in [-0.2, -0.15) is 0 Å². The zero-order valence-electron chi connectivity index (χ0n) is 12.3. The van der Waals surface area contributed by atoms with Crippen LogP contribution < -0.4 is 10.2 Å². The molecule has 110 valence electrons. The molecule has 1 heterocycles. The molecular formula is C18H21FN2. The van der Waals surface area contributed by atoms with Crippen LogP contribution in [0, 0.1) is 12.7 Å². The first-order valence-electron chi connectivity index (χ1n) is 7.53. The van der Waals surface area contributed by atoms with Crippen molar-refractivity contribution in [1.29, 1.82) is 0 Å². The van der Waals surface area contributed by atoms with Crippen molar-refractivity contribution in [2.45, 2.75) is 19.4 Å². The van der Waals surface area contributed by atoms with Gasteiger partial charge in [0.1, 0.15) is 5.82 Å². The van der Waals surface area contributed by atoms with Gasteiger partial charge in [0.2, 0.25) is 0 Å². The van der Waals surface area contributed by atoms with E-state index in [0.717, 1.165) is 37.3 Å². The van der Waals surface area contributed by atoms with E-state index < -0.39 is 0 Å². The number of rotatable bonds is 2. The summed E-state index contributed by atoms with van der Waals surface area (Å²) < 4.78 is 13.6. The number of benzene rings is 2. The molecule has 3 rings (SSSR count). The lowest BCUT2D eigenvalue weighted by Gasteiger charge is -2.28. The van der Waals surface area contributed by atoms with Crippen LogP contribution in [0.3, 0.4) is 0 Å². The van der Waals surface area contributed by atoms with Gasteiger partial charge in [-0.15, -0.1) is 0 Å². The van der Waals surface area contributed by atoms with E-state index in [4.69, 9.17) is 0 Å². The quantitative estimate of drug-likeness (QED) is 0.905. The molecule has 1 fully saturated rings. The Morgan fingerprint density at radius 2 is 1.95 bits per heavy atom. The largest absolute Gasteiger partial charge is 0.369 e. The zero-order valence-corrected chi connectivity index (χ0v) is 12.3. The van der Waals surface area contributed by atoms with Crippen LogP contribution in [0.25, 0.3) is 0 Å². The number of aryl methyl sites for hydroxylation is 1. The molecule has 1 saturated heterocycles. The summed E-state index contributed by atoms with van der Waals surface area (Å²) >= 11 is 0. The molecule has 21 heavy (non-hydrogen) atoms. The van der Waals surface area contributed by atoms with E-state index in [-0.39, 0.29) is 11.9 Å². The Morgan fingerprint density at radius 3 is 2.76 bits per heavy atom. The van der Waals surface area contributed by atoms with E-state index >= 15 is 0 Å². The van der Waals surface area contributed by atoms with Crippen molar-refractivity contribution in [1.82, 2.24) is 5.32 Å². The highest BCUT2D eigenvalue weighted by Gasteiger charge is 2.20. The average molecular weight is 284 g/mol. The van der Waals surface area contributed by atoms with Gasteiger partial charge >= 0.3 is 0 Å². The van der Waals surface area contributed by atoms with Crippen LogP contribution in [0.2, 0.25) is 0 Å². The van der Waals surface area contributed by atoms with Crippen molar-refractivity contribution >= 4 is 5.69 Å². The topological polar surface area (TPSA) is 15.3 Å². The summed E-state index contributed by atoms with van der Waals surface area (Å²) in [6, 6.07) is 15.8. The second-order valence-corrected chi connectivity index (χ2v) is 5.65. The third-order valence-electron chi connectivity index (χ3n) is 4.11. The van der Waals surface area contributed by atoms with Gasteiger partial charge in [-0.25, -0.2) is 4.39 Å². The molecule has 1 atom stereocenters. The predicted molar refractivity (Wildman–Crippen MR) is 85.2 cm³/mol. The van der Waals surface area contributed by atoms with Crippen LogP contribution >= 0.6 is 0 Å². The maximum absolute atomic E-state index is 13.6. The Balaban J connectivity index is 1.87. The van der Waals surface area contributed by atoms with Gasteiger partial charge in [0, 0.05) is 24.8 Å². The molecule has 0 spiro atoms. The normalized spacial score (nSPS) is 19.3. The predicted octanol–water partition coefficient (Wildman–Crippen LogP) is 3.68. The van der Waals surface area contributed by atoms with Crippen molar-refractivity contribution in [3.05, 3.63) is 65.5 Å². The highest BCUT2D eigenvalue weighted by Crippen LogP contribution is 2.26. The lowest BCUT2D eigenvalue weighted by Crippen LogP contribution is -2.31. The molecule has 0 bridgehead atoms. The summed E-state index contributed by atoms with van der Waals surface area (Å²) in [5.74, 6) is -0.163. The summed E-state index contributed by atoms with van der Waals surface area (Å²) in [6.07, 6.45) is 1.07. The minimum Gasteiger partial charge on any atom is -0.369 e. The van der Waals surface area contributed by atoms with Gasteiger partial charge < -0.3 is 10.2 Å². The Labute approximate surface area is 125 Å². The molecule has 1 N–H and O–H groups in total. The minimum absolute atomic E-state index is 0.163. The zero-order chi connectivity index (χ0) is 14.7. The molecule has 0 radical (unpaired) electrons. The smallest absolute Gasteiger partial charge is 0.125 e. The van der Waals surface area contributed by atoms with Gasteiger partial charge in [0.05, 0.1) is 0 Å². The number of anilines is 1. The van der Waals surface area contributed by atoms with Crippen LogP contribution in [-0.2, 0) is 0 Å². The molecular weight excluding hydrogens is 263 g/mol. The standard InChI is InChI=1S/C18H21FN2/c1-14-8-9-16(19)12-18(14)21-11-5-10-20-17(13-21)15-6-3-2-4-7-15/h2-4,6-9,12,17,20H,5,10-11,13H2,1H3. The summed E-state index contributed by atoms with van der Waals surface area (Å²) in [6.45, 7) is 4.87. The van der Waals surface area contributed by atoms with Crippen molar-refractivity contribution in [3.8, 4) is 0 Å². The van der Waals surface area contributed by atoms with E-state index in [1.54, 1.807) is 6.07 Å². The van der Waals surface area contributed by atoms with E-state index in [1.807, 2.05) is 19.1 Å². The Morgan fingerprint density at radius 1 is 1.14 bits per heavy atom. The van der Waals surface area contributed by atoms with Crippen molar-refractivity contribution in [2.24, 2.45) is 0 Å². The Bertz CT molecular complexity index is 597. The van der Waals surface area contributed by atoms with Crippen LogP contribution in [0.4, 0.5) is 10.1 Å². The molecule has 0 aliphatic carbocycles. The number of hydrogen-bond acceptors (Lipinski definition) is 2. The fraction of sp³-hybridized carbons (Fsp3) is 0.333. The lowest BCUT2D eigenvalue weighted by molar-refractivity contribution is 0.569. The molecule has 2 nitrogen and oxygen atoms in total. The Kier molecular flexibility index (Phi) is 4.20. The second-order valence-electron chi connectivity index (χ2n) is 5.65. The summed E-state index contributed by atoms with van der Waals surface area (Å²) in [5.41, 5.74) is 3.43. The van der Waals surface area contributed by atoms with E-state index in [2.05, 4.69) is 34.5 Å². The fourth-order valence-corrected chi connectivity index (χ4v) is 2.97. The number of hydrogen-bond donors (Lipinski definition) is 1. The molecule has 1 aliphatic heterocycles. The monoisotopic (exact) mass is 284 g/mol. The van der Waals surface area contributed by atoms with Crippen LogP contribution in [0.5, 0.6) is 0 Å². The highest BCUT2D eigenvalue weighted by molar-refractivity contribution is 5.53. The molecule has 2 aromatic rings. The van der Waals surface area contributed by atoms with Crippen molar-refractivity contribution < 1.29 is 4.39 Å². The molecule has 0 amide bonds. The average Bonchev–Trinajstić information content (AvgIpc) is 2.76. The highest BCUT2D eigenvalue weighted by atomic mass is 19.1. The maximum atomic E-state index is 13.6. The van der Waals surface area contributed by atoms with Gasteiger partial charge in [-0.1, -0.05) is 36.4 Å². The fourth-order valence-electron chi connectivity index (χ4n) is 2.97. The minimum atomic E-state index is -0.163. The van der Waals surface area contributed by atoms with Crippen LogP contribution in [0.1, 0.15) is 23.6 Å². The third-order valence-corrected chi connectivity index (χ3v) is 4.11.